The molecule has 0 aliphatic heterocycles. The van der Waals surface area contributed by atoms with Gasteiger partial charge in [-0.2, -0.15) is 4.98 Å². The maximum atomic E-state index is 12.5. The van der Waals surface area contributed by atoms with E-state index in [1.807, 2.05) is 35.7 Å². The van der Waals surface area contributed by atoms with Crippen LogP contribution in [0.3, 0.4) is 0 Å². The van der Waals surface area contributed by atoms with Crippen molar-refractivity contribution in [1.82, 2.24) is 15.1 Å². The van der Waals surface area contributed by atoms with Gasteiger partial charge in [0.2, 0.25) is 11.7 Å². The standard InChI is InChI=1S/C19H13ClN4O3S/c20-13-8-12(10-21-19(13)26)18(25)22-14-5-2-1-4-11(14)9-16-23-17(24-27-16)15-6-3-7-28-15/h1-8,10H,9H2,(H,21,26)(H,22,25). The number of nitrogens with zero attached hydrogens (tertiary/aromatic N) is 2. The molecule has 0 unspecified atom stereocenters. The Kier molecular flexibility index (Phi) is 5.05. The number of para-hydroxylation sites is 1. The molecule has 7 nitrogen and oxygen atoms in total. The fourth-order valence-corrected chi connectivity index (χ4v) is 3.39. The normalized spacial score (nSPS) is 10.8. The van der Waals surface area contributed by atoms with Crippen molar-refractivity contribution in [3.8, 4) is 10.7 Å². The number of amides is 1. The molecule has 4 rings (SSSR count). The second kappa shape index (κ2) is 7.79. The number of carbonyl (C=O) groups is 1. The lowest BCUT2D eigenvalue weighted by molar-refractivity contribution is 0.102. The van der Waals surface area contributed by atoms with Crippen LogP contribution in [-0.2, 0) is 6.42 Å². The molecule has 0 saturated heterocycles. The van der Waals surface area contributed by atoms with Gasteiger partial charge in [0, 0.05) is 11.9 Å². The van der Waals surface area contributed by atoms with E-state index in [1.165, 1.54) is 23.6 Å². The Morgan fingerprint density at radius 1 is 1.25 bits per heavy atom. The van der Waals surface area contributed by atoms with E-state index in [4.69, 9.17) is 16.1 Å². The van der Waals surface area contributed by atoms with E-state index in [2.05, 4.69) is 20.4 Å². The summed E-state index contributed by atoms with van der Waals surface area (Å²) in [5, 5.41) is 8.72. The molecule has 1 aromatic carbocycles. The van der Waals surface area contributed by atoms with Crippen LogP contribution in [0.2, 0.25) is 5.02 Å². The lowest BCUT2D eigenvalue weighted by Crippen LogP contribution is -2.16. The molecular formula is C19H13ClN4O3S. The number of halogens is 1. The van der Waals surface area contributed by atoms with Crippen LogP contribution in [0.15, 0.2) is 63.4 Å². The van der Waals surface area contributed by atoms with Crippen LogP contribution >= 0.6 is 22.9 Å². The number of pyridine rings is 1. The minimum Gasteiger partial charge on any atom is -0.339 e. The van der Waals surface area contributed by atoms with Gasteiger partial charge in [0.25, 0.3) is 11.5 Å². The van der Waals surface area contributed by atoms with Gasteiger partial charge in [-0.15, -0.1) is 11.3 Å². The first-order chi connectivity index (χ1) is 13.6. The highest BCUT2D eigenvalue weighted by Crippen LogP contribution is 2.24. The minimum absolute atomic E-state index is 0.0482. The molecule has 0 saturated carbocycles. The number of benzene rings is 1. The van der Waals surface area contributed by atoms with E-state index in [0.29, 0.717) is 23.8 Å². The Morgan fingerprint density at radius 2 is 2.11 bits per heavy atom. The summed E-state index contributed by atoms with van der Waals surface area (Å²) < 4.78 is 5.34. The van der Waals surface area contributed by atoms with E-state index in [1.54, 1.807) is 6.07 Å². The number of hydrogen-bond donors (Lipinski definition) is 2. The predicted molar refractivity (Wildman–Crippen MR) is 107 cm³/mol. The van der Waals surface area contributed by atoms with Crippen LogP contribution in [0.1, 0.15) is 21.8 Å². The molecule has 0 aliphatic rings. The number of thiophene rings is 1. The second-order valence-corrected chi connectivity index (χ2v) is 7.20. The van der Waals surface area contributed by atoms with Crippen molar-refractivity contribution in [2.24, 2.45) is 0 Å². The van der Waals surface area contributed by atoms with Crippen LogP contribution < -0.4 is 10.9 Å². The molecular weight excluding hydrogens is 400 g/mol. The molecule has 0 fully saturated rings. The fourth-order valence-electron chi connectivity index (χ4n) is 2.57. The summed E-state index contributed by atoms with van der Waals surface area (Å²) in [4.78, 5) is 31.6. The molecule has 2 N–H and O–H groups in total. The Bertz CT molecular complexity index is 1180. The number of aromatic nitrogens is 3. The van der Waals surface area contributed by atoms with Crippen LogP contribution in [0.4, 0.5) is 5.69 Å². The van der Waals surface area contributed by atoms with Gasteiger partial charge in [-0.3, -0.25) is 9.59 Å². The summed E-state index contributed by atoms with van der Waals surface area (Å²) in [7, 11) is 0. The van der Waals surface area contributed by atoms with Gasteiger partial charge in [-0.05, 0) is 29.1 Å². The van der Waals surface area contributed by atoms with Gasteiger partial charge in [-0.1, -0.05) is 41.0 Å². The zero-order valence-corrected chi connectivity index (χ0v) is 15.9. The quantitative estimate of drug-likeness (QED) is 0.516. The van der Waals surface area contributed by atoms with Gasteiger partial charge in [0.05, 0.1) is 16.9 Å². The van der Waals surface area contributed by atoms with Gasteiger partial charge in [-0.25, -0.2) is 0 Å². The average molecular weight is 413 g/mol. The van der Waals surface area contributed by atoms with Crippen molar-refractivity contribution >= 4 is 34.5 Å². The van der Waals surface area contributed by atoms with Gasteiger partial charge < -0.3 is 14.8 Å². The second-order valence-electron chi connectivity index (χ2n) is 5.84. The third-order valence-corrected chi connectivity index (χ3v) is 5.08. The maximum absolute atomic E-state index is 12.5. The van der Waals surface area contributed by atoms with E-state index in [0.717, 1.165) is 10.4 Å². The van der Waals surface area contributed by atoms with E-state index in [-0.39, 0.29) is 10.6 Å². The number of anilines is 1. The third kappa shape index (κ3) is 3.88. The number of carbonyl (C=O) groups excluding carboxylic acids is 1. The minimum atomic E-state index is -0.448. The van der Waals surface area contributed by atoms with Crippen LogP contribution in [-0.4, -0.2) is 21.0 Å². The van der Waals surface area contributed by atoms with Crippen LogP contribution in [0.25, 0.3) is 10.7 Å². The molecule has 0 aliphatic carbocycles. The summed E-state index contributed by atoms with van der Waals surface area (Å²) in [6.45, 7) is 0. The first kappa shape index (κ1) is 18.1. The summed E-state index contributed by atoms with van der Waals surface area (Å²) in [6.07, 6.45) is 1.68. The lowest BCUT2D eigenvalue weighted by atomic mass is 10.1. The average Bonchev–Trinajstić information content (AvgIpc) is 3.37. The zero-order valence-electron chi connectivity index (χ0n) is 14.3. The zero-order chi connectivity index (χ0) is 19.5. The summed E-state index contributed by atoms with van der Waals surface area (Å²) >= 11 is 7.32. The van der Waals surface area contributed by atoms with Gasteiger partial charge >= 0.3 is 0 Å². The number of aromatic amines is 1. The summed E-state index contributed by atoms with van der Waals surface area (Å²) in [5.74, 6) is 0.585. The van der Waals surface area contributed by atoms with Crippen molar-refractivity contribution in [3.05, 3.63) is 86.4 Å². The number of H-pyrrole nitrogens is 1. The number of hydrogen-bond acceptors (Lipinski definition) is 6. The van der Waals surface area contributed by atoms with Crippen molar-refractivity contribution in [2.75, 3.05) is 5.32 Å². The molecule has 28 heavy (non-hydrogen) atoms. The summed E-state index contributed by atoms with van der Waals surface area (Å²) in [5.41, 5.74) is 1.21. The SMILES string of the molecule is O=C(Nc1ccccc1Cc1nc(-c2cccs2)no1)c1c[nH]c(=O)c(Cl)c1. The Balaban J connectivity index is 1.54. The molecule has 3 aromatic heterocycles. The third-order valence-electron chi connectivity index (χ3n) is 3.94. The lowest BCUT2D eigenvalue weighted by Gasteiger charge is -2.10. The molecule has 0 radical (unpaired) electrons. The Morgan fingerprint density at radius 3 is 2.89 bits per heavy atom. The molecule has 1 amide bonds. The van der Waals surface area contributed by atoms with Crippen molar-refractivity contribution < 1.29 is 9.32 Å². The predicted octanol–water partition coefficient (Wildman–Crippen LogP) is 3.98. The Labute approximate surface area is 168 Å². The van der Waals surface area contributed by atoms with Crippen molar-refractivity contribution in [3.63, 3.8) is 0 Å². The number of rotatable bonds is 5. The van der Waals surface area contributed by atoms with E-state index in [9.17, 15) is 9.59 Å². The first-order valence-electron chi connectivity index (χ1n) is 8.24. The van der Waals surface area contributed by atoms with Gasteiger partial charge in [0.1, 0.15) is 5.02 Å². The molecule has 4 aromatic rings. The smallest absolute Gasteiger partial charge is 0.266 e. The molecule has 9 heteroatoms. The fraction of sp³-hybridized carbons (Fsp3) is 0.0526. The first-order valence-corrected chi connectivity index (χ1v) is 9.50. The largest absolute Gasteiger partial charge is 0.339 e. The van der Waals surface area contributed by atoms with Crippen molar-refractivity contribution in [2.45, 2.75) is 6.42 Å². The Hall–Kier alpha value is -3.23. The van der Waals surface area contributed by atoms with Gasteiger partial charge in [0.15, 0.2) is 0 Å². The molecule has 0 spiro atoms. The topological polar surface area (TPSA) is 101 Å². The highest BCUT2D eigenvalue weighted by atomic mass is 35.5. The van der Waals surface area contributed by atoms with Crippen LogP contribution in [0, 0.1) is 0 Å². The van der Waals surface area contributed by atoms with Crippen LogP contribution in [0.5, 0.6) is 0 Å². The monoisotopic (exact) mass is 412 g/mol. The number of nitrogens with one attached hydrogen (secondary N) is 2. The molecule has 3 heterocycles. The molecule has 0 bridgehead atoms. The maximum Gasteiger partial charge on any atom is 0.266 e. The summed E-state index contributed by atoms with van der Waals surface area (Å²) in [6, 6.07) is 12.5. The highest BCUT2D eigenvalue weighted by Gasteiger charge is 2.14. The van der Waals surface area contributed by atoms with E-state index >= 15 is 0 Å². The highest BCUT2D eigenvalue weighted by molar-refractivity contribution is 7.13. The van der Waals surface area contributed by atoms with E-state index < -0.39 is 11.5 Å². The van der Waals surface area contributed by atoms with Crippen molar-refractivity contribution in [1.29, 1.82) is 0 Å². The molecule has 0 atom stereocenters. The molecule has 140 valence electrons.